The van der Waals surface area contributed by atoms with Gasteiger partial charge < -0.3 is 15.4 Å². The van der Waals surface area contributed by atoms with Crippen LogP contribution in [0.1, 0.15) is 17.3 Å². The molecule has 1 atom stereocenters. The number of nitrogens with one attached hydrogen (secondary N) is 2. The van der Waals surface area contributed by atoms with Gasteiger partial charge in [-0.3, -0.25) is 9.59 Å². The van der Waals surface area contributed by atoms with Crippen molar-refractivity contribution < 1.29 is 23.1 Å². The molecule has 0 aromatic heterocycles. The minimum atomic E-state index is -1.10. The van der Waals surface area contributed by atoms with Crippen LogP contribution in [0.25, 0.3) is 0 Å². The average molecular weight is 318 g/mol. The minimum absolute atomic E-state index is 0.0180. The fourth-order valence-electron chi connectivity index (χ4n) is 2.13. The van der Waals surface area contributed by atoms with Gasteiger partial charge in [0.05, 0.1) is 5.69 Å². The fourth-order valence-corrected chi connectivity index (χ4v) is 2.13. The maximum Gasteiger partial charge on any atom is 0.265 e. The molecule has 0 saturated heterocycles. The second-order valence-electron chi connectivity index (χ2n) is 5.04. The van der Waals surface area contributed by atoms with E-state index in [4.69, 9.17) is 4.74 Å². The number of rotatable bonds is 2. The summed E-state index contributed by atoms with van der Waals surface area (Å²) in [6.07, 6.45) is -0.592. The second-order valence-corrected chi connectivity index (χ2v) is 5.04. The van der Waals surface area contributed by atoms with E-state index in [1.165, 1.54) is 12.1 Å². The zero-order chi connectivity index (χ0) is 16.6. The molecule has 0 radical (unpaired) electrons. The smallest absolute Gasteiger partial charge is 0.265 e. The van der Waals surface area contributed by atoms with E-state index in [2.05, 4.69) is 10.6 Å². The summed E-state index contributed by atoms with van der Waals surface area (Å²) in [5.74, 6) is -2.52. The van der Waals surface area contributed by atoms with E-state index in [0.29, 0.717) is 17.1 Å². The van der Waals surface area contributed by atoms with Crippen LogP contribution in [0.5, 0.6) is 5.75 Å². The van der Waals surface area contributed by atoms with Crippen molar-refractivity contribution >= 4 is 23.2 Å². The quantitative estimate of drug-likeness (QED) is 0.894. The predicted octanol–water partition coefficient (Wildman–Crippen LogP) is 2.94. The van der Waals surface area contributed by atoms with E-state index in [-0.39, 0.29) is 11.5 Å². The van der Waals surface area contributed by atoms with Crippen molar-refractivity contribution in [3.63, 3.8) is 0 Å². The highest BCUT2D eigenvalue weighted by Gasteiger charge is 2.23. The summed E-state index contributed by atoms with van der Waals surface area (Å²) in [6, 6.07) is 7.59. The molecule has 0 spiro atoms. The van der Waals surface area contributed by atoms with Crippen LogP contribution in [0.3, 0.4) is 0 Å². The van der Waals surface area contributed by atoms with Gasteiger partial charge in [0.2, 0.25) is 0 Å². The molecule has 0 bridgehead atoms. The number of halogens is 2. The Kier molecular flexibility index (Phi) is 3.69. The second kappa shape index (κ2) is 5.68. The molecular weight excluding hydrogens is 306 g/mol. The first kappa shape index (κ1) is 15.0. The predicted molar refractivity (Wildman–Crippen MR) is 79.5 cm³/mol. The zero-order valence-corrected chi connectivity index (χ0v) is 12.0. The molecule has 2 amide bonds. The van der Waals surface area contributed by atoms with Crippen LogP contribution in [0.2, 0.25) is 0 Å². The lowest BCUT2D eigenvalue weighted by atomic mass is 10.1. The van der Waals surface area contributed by atoms with Gasteiger partial charge in [-0.2, -0.15) is 0 Å². The number of amides is 2. The van der Waals surface area contributed by atoms with Crippen molar-refractivity contribution in [2.45, 2.75) is 13.0 Å². The molecule has 2 aromatic carbocycles. The van der Waals surface area contributed by atoms with Gasteiger partial charge in [-0.25, -0.2) is 8.78 Å². The fraction of sp³-hybridized carbons (Fsp3) is 0.125. The Labute approximate surface area is 130 Å². The van der Waals surface area contributed by atoms with Crippen LogP contribution in [0, 0.1) is 11.6 Å². The Balaban J connectivity index is 1.80. The van der Waals surface area contributed by atoms with Crippen molar-refractivity contribution in [1.29, 1.82) is 0 Å². The Morgan fingerprint density at radius 2 is 1.96 bits per heavy atom. The lowest BCUT2D eigenvalue weighted by Gasteiger charge is -2.23. The summed E-state index contributed by atoms with van der Waals surface area (Å²) in [5, 5.41) is 5.20. The first-order valence-electron chi connectivity index (χ1n) is 6.82. The molecule has 118 valence electrons. The van der Waals surface area contributed by atoms with Crippen molar-refractivity contribution in [3.05, 3.63) is 53.6 Å². The SMILES string of the molecule is C[C@H]1Oc2ccc(NC(=O)c3ccc(F)c(F)c3)cc2NC1=O. The van der Waals surface area contributed by atoms with Crippen molar-refractivity contribution in [2.24, 2.45) is 0 Å². The highest BCUT2D eigenvalue weighted by Crippen LogP contribution is 2.32. The molecular formula is C16H12F2N2O3. The minimum Gasteiger partial charge on any atom is -0.479 e. The Morgan fingerprint density at radius 3 is 2.70 bits per heavy atom. The summed E-state index contributed by atoms with van der Waals surface area (Å²) in [6.45, 7) is 1.62. The van der Waals surface area contributed by atoms with Gasteiger partial charge in [-0.15, -0.1) is 0 Å². The molecule has 1 heterocycles. The molecule has 23 heavy (non-hydrogen) atoms. The largest absolute Gasteiger partial charge is 0.479 e. The average Bonchev–Trinajstić information content (AvgIpc) is 2.51. The summed E-state index contributed by atoms with van der Waals surface area (Å²) in [7, 11) is 0. The molecule has 0 aliphatic carbocycles. The van der Waals surface area contributed by atoms with Gasteiger partial charge in [-0.05, 0) is 43.3 Å². The third kappa shape index (κ3) is 2.98. The van der Waals surface area contributed by atoms with E-state index >= 15 is 0 Å². The molecule has 3 rings (SSSR count). The van der Waals surface area contributed by atoms with E-state index in [0.717, 1.165) is 12.1 Å². The number of carbonyl (C=O) groups is 2. The summed E-state index contributed by atoms with van der Waals surface area (Å²) in [5.41, 5.74) is 0.795. The van der Waals surface area contributed by atoms with Crippen LogP contribution >= 0.6 is 0 Å². The molecule has 0 unspecified atom stereocenters. The molecule has 1 aliphatic heterocycles. The number of fused-ring (bicyclic) bond motifs is 1. The molecule has 0 fully saturated rings. The van der Waals surface area contributed by atoms with E-state index < -0.39 is 23.6 Å². The normalized spacial score (nSPS) is 16.1. The van der Waals surface area contributed by atoms with E-state index in [1.807, 2.05) is 0 Å². The van der Waals surface area contributed by atoms with Gasteiger partial charge in [-0.1, -0.05) is 0 Å². The number of carbonyl (C=O) groups excluding carboxylic acids is 2. The van der Waals surface area contributed by atoms with Gasteiger partial charge in [0, 0.05) is 11.3 Å². The van der Waals surface area contributed by atoms with Crippen LogP contribution in [0.4, 0.5) is 20.2 Å². The topological polar surface area (TPSA) is 67.4 Å². The van der Waals surface area contributed by atoms with Crippen molar-refractivity contribution in [2.75, 3.05) is 10.6 Å². The monoisotopic (exact) mass is 318 g/mol. The lowest BCUT2D eigenvalue weighted by molar-refractivity contribution is -0.122. The van der Waals surface area contributed by atoms with Gasteiger partial charge in [0.25, 0.3) is 11.8 Å². The molecule has 2 N–H and O–H groups in total. The number of benzene rings is 2. The standard InChI is InChI=1S/C16H12F2N2O3/c1-8-15(21)20-13-7-10(3-5-14(13)23-8)19-16(22)9-2-4-11(17)12(18)6-9/h2-8H,1H3,(H,19,22)(H,20,21)/t8-/m1/s1. The van der Waals surface area contributed by atoms with E-state index in [1.54, 1.807) is 19.1 Å². The van der Waals surface area contributed by atoms with Gasteiger partial charge in [0.15, 0.2) is 17.7 Å². The van der Waals surface area contributed by atoms with E-state index in [9.17, 15) is 18.4 Å². The number of anilines is 2. The van der Waals surface area contributed by atoms with Gasteiger partial charge >= 0.3 is 0 Å². The highest BCUT2D eigenvalue weighted by atomic mass is 19.2. The maximum absolute atomic E-state index is 13.2. The third-order valence-corrected chi connectivity index (χ3v) is 3.35. The lowest BCUT2D eigenvalue weighted by Crippen LogP contribution is -2.34. The molecule has 5 nitrogen and oxygen atoms in total. The first-order chi connectivity index (χ1) is 10.9. The number of hydrogen-bond donors (Lipinski definition) is 2. The summed E-state index contributed by atoms with van der Waals surface area (Å²) >= 11 is 0. The van der Waals surface area contributed by atoms with Gasteiger partial charge in [0.1, 0.15) is 5.75 Å². The summed E-state index contributed by atoms with van der Waals surface area (Å²) < 4.78 is 31.5. The zero-order valence-electron chi connectivity index (χ0n) is 12.0. The Bertz CT molecular complexity index is 808. The highest BCUT2D eigenvalue weighted by molar-refractivity contribution is 6.05. The Hall–Kier alpha value is -2.96. The Morgan fingerprint density at radius 1 is 1.17 bits per heavy atom. The van der Waals surface area contributed by atoms with Crippen LogP contribution in [0.15, 0.2) is 36.4 Å². The van der Waals surface area contributed by atoms with Crippen LogP contribution in [-0.2, 0) is 4.79 Å². The van der Waals surface area contributed by atoms with Crippen molar-refractivity contribution in [1.82, 2.24) is 0 Å². The molecule has 2 aromatic rings. The summed E-state index contributed by atoms with van der Waals surface area (Å²) in [4.78, 5) is 23.6. The maximum atomic E-state index is 13.2. The number of hydrogen-bond acceptors (Lipinski definition) is 3. The van der Waals surface area contributed by atoms with Crippen molar-refractivity contribution in [3.8, 4) is 5.75 Å². The molecule has 1 aliphatic rings. The molecule has 7 heteroatoms. The van der Waals surface area contributed by atoms with Crippen LogP contribution < -0.4 is 15.4 Å². The molecule has 0 saturated carbocycles. The first-order valence-corrected chi connectivity index (χ1v) is 6.82. The third-order valence-electron chi connectivity index (χ3n) is 3.35. The van der Waals surface area contributed by atoms with Crippen LogP contribution in [-0.4, -0.2) is 17.9 Å². The number of ether oxygens (including phenoxy) is 1.